The highest BCUT2D eigenvalue weighted by Crippen LogP contribution is 2.27. The van der Waals surface area contributed by atoms with Gasteiger partial charge in [-0.1, -0.05) is 36.9 Å². The molecule has 0 N–H and O–H groups in total. The van der Waals surface area contributed by atoms with Gasteiger partial charge in [-0.25, -0.2) is 4.39 Å². The molecule has 2 aliphatic heterocycles. The molecule has 1 aromatic heterocycles. The van der Waals surface area contributed by atoms with Crippen LogP contribution in [0.2, 0.25) is 0 Å². The Morgan fingerprint density at radius 3 is 2.26 bits per heavy atom. The first-order valence-corrected chi connectivity index (χ1v) is 13.3. The van der Waals surface area contributed by atoms with Crippen LogP contribution < -0.4 is 0 Å². The summed E-state index contributed by atoms with van der Waals surface area (Å²) in [5.41, 5.74) is 4.87. The first-order valence-electron chi connectivity index (χ1n) is 13.3. The number of rotatable bonds is 9. The van der Waals surface area contributed by atoms with Gasteiger partial charge in [0.05, 0.1) is 0 Å². The minimum Gasteiger partial charge on any atom is -0.372 e. The number of aryl methyl sites for hydroxylation is 1. The molecule has 1 aromatic carbocycles. The van der Waals surface area contributed by atoms with Crippen molar-refractivity contribution in [3.8, 4) is 11.1 Å². The molecule has 2 fully saturated rings. The van der Waals surface area contributed by atoms with E-state index in [1.807, 2.05) is 6.20 Å². The lowest BCUT2D eigenvalue weighted by Gasteiger charge is -2.33. The molecule has 0 bridgehead atoms. The van der Waals surface area contributed by atoms with Crippen molar-refractivity contribution in [1.29, 1.82) is 0 Å². The number of likely N-dealkylation sites (tertiary alicyclic amines) is 2. The SMILES string of the molecule is C=C(c1ccc(-c2ccc(CCC3CCN(CCC(C)(C)F)CC3)nc2)cc1)N1CCCCC1. The topological polar surface area (TPSA) is 19.4 Å². The maximum absolute atomic E-state index is 13.7. The minimum atomic E-state index is -1.06. The largest absolute Gasteiger partial charge is 0.372 e. The van der Waals surface area contributed by atoms with Gasteiger partial charge in [-0.15, -0.1) is 0 Å². The van der Waals surface area contributed by atoms with E-state index < -0.39 is 5.67 Å². The number of pyridine rings is 1. The summed E-state index contributed by atoms with van der Waals surface area (Å²) in [5.74, 6) is 0.761. The van der Waals surface area contributed by atoms with E-state index in [1.54, 1.807) is 13.8 Å². The third-order valence-electron chi connectivity index (χ3n) is 7.65. The first-order chi connectivity index (χ1) is 16.4. The van der Waals surface area contributed by atoms with E-state index in [9.17, 15) is 4.39 Å². The molecule has 184 valence electrons. The second-order valence-corrected chi connectivity index (χ2v) is 10.9. The highest BCUT2D eigenvalue weighted by molar-refractivity contribution is 5.68. The molecule has 2 aliphatic rings. The Bertz CT molecular complexity index is 900. The van der Waals surface area contributed by atoms with E-state index in [1.165, 1.54) is 60.9 Å². The molecule has 3 heterocycles. The Hall–Kier alpha value is -2.20. The summed E-state index contributed by atoms with van der Waals surface area (Å²) in [6, 6.07) is 13.2. The molecule has 0 saturated carbocycles. The monoisotopic (exact) mass is 463 g/mol. The summed E-state index contributed by atoms with van der Waals surface area (Å²) in [6.07, 6.45) is 11.2. The average molecular weight is 464 g/mol. The van der Waals surface area contributed by atoms with Crippen molar-refractivity contribution < 1.29 is 4.39 Å². The van der Waals surface area contributed by atoms with Gasteiger partial charge < -0.3 is 9.80 Å². The molecule has 0 unspecified atom stereocenters. The molecule has 34 heavy (non-hydrogen) atoms. The summed E-state index contributed by atoms with van der Waals surface area (Å²) in [6.45, 7) is 13.0. The zero-order chi connectivity index (χ0) is 24.0. The first kappa shape index (κ1) is 24.9. The summed E-state index contributed by atoms with van der Waals surface area (Å²) in [5, 5.41) is 0. The van der Waals surface area contributed by atoms with Crippen molar-refractivity contribution in [3.05, 3.63) is 60.4 Å². The number of piperidine rings is 2. The van der Waals surface area contributed by atoms with Crippen LogP contribution >= 0.6 is 0 Å². The molecule has 0 radical (unpaired) electrons. The third-order valence-corrected chi connectivity index (χ3v) is 7.65. The van der Waals surface area contributed by atoms with E-state index in [-0.39, 0.29) is 0 Å². The van der Waals surface area contributed by atoms with Gasteiger partial charge in [-0.05, 0) is 101 Å². The van der Waals surface area contributed by atoms with Crippen molar-refractivity contribution in [2.45, 2.75) is 70.9 Å². The van der Waals surface area contributed by atoms with E-state index in [0.717, 1.165) is 50.8 Å². The smallest absolute Gasteiger partial charge is 0.106 e. The summed E-state index contributed by atoms with van der Waals surface area (Å²) < 4.78 is 13.7. The Kier molecular flexibility index (Phi) is 8.41. The van der Waals surface area contributed by atoms with Gasteiger partial charge in [0.2, 0.25) is 0 Å². The predicted molar refractivity (Wildman–Crippen MR) is 141 cm³/mol. The van der Waals surface area contributed by atoms with Crippen LogP contribution in [0.1, 0.15) is 70.1 Å². The van der Waals surface area contributed by atoms with Crippen LogP contribution in [0.3, 0.4) is 0 Å². The highest BCUT2D eigenvalue weighted by Gasteiger charge is 2.22. The zero-order valence-corrected chi connectivity index (χ0v) is 21.2. The second-order valence-electron chi connectivity index (χ2n) is 10.9. The van der Waals surface area contributed by atoms with E-state index >= 15 is 0 Å². The van der Waals surface area contributed by atoms with Gasteiger partial charge in [-0.2, -0.15) is 0 Å². The maximum Gasteiger partial charge on any atom is 0.106 e. The fourth-order valence-corrected chi connectivity index (χ4v) is 5.22. The molecule has 3 nitrogen and oxygen atoms in total. The van der Waals surface area contributed by atoms with Crippen molar-refractivity contribution in [1.82, 2.24) is 14.8 Å². The third kappa shape index (κ3) is 7.15. The van der Waals surface area contributed by atoms with Gasteiger partial charge in [0.15, 0.2) is 0 Å². The average Bonchev–Trinajstić information content (AvgIpc) is 2.87. The van der Waals surface area contributed by atoms with E-state index in [2.05, 4.69) is 52.8 Å². The molecule has 4 rings (SSSR count). The lowest BCUT2D eigenvalue weighted by molar-refractivity contribution is 0.131. The molecular formula is C30H42FN3. The predicted octanol–water partition coefficient (Wildman–Crippen LogP) is 6.99. The Morgan fingerprint density at radius 1 is 0.971 bits per heavy atom. The molecular weight excluding hydrogens is 421 g/mol. The minimum absolute atomic E-state index is 0.629. The molecule has 0 aliphatic carbocycles. The summed E-state index contributed by atoms with van der Waals surface area (Å²) in [4.78, 5) is 9.61. The van der Waals surface area contributed by atoms with Crippen molar-refractivity contribution in [2.75, 3.05) is 32.7 Å². The quantitative estimate of drug-likeness (QED) is 0.399. The highest BCUT2D eigenvalue weighted by atomic mass is 19.1. The lowest BCUT2D eigenvalue weighted by atomic mass is 9.91. The van der Waals surface area contributed by atoms with Crippen LogP contribution in [0, 0.1) is 5.92 Å². The Labute approximate surface area is 206 Å². The standard InChI is InChI=1S/C30H42FN3/c1-24(34-18-5-4-6-19-34)26-8-10-27(11-9-26)28-12-14-29(32-23-28)13-7-25-15-20-33(21-16-25)22-17-30(2,3)31/h8-12,14,23,25H,1,4-7,13,15-22H2,2-3H3. The second kappa shape index (κ2) is 11.5. The van der Waals surface area contributed by atoms with Crippen LogP contribution in [0.15, 0.2) is 49.2 Å². The molecule has 0 spiro atoms. The van der Waals surface area contributed by atoms with E-state index in [4.69, 9.17) is 4.98 Å². The summed E-state index contributed by atoms with van der Waals surface area (Å²) in [7, 11) is 0. The van der Waals surface area contributed by atoms with E-state index in [0.29, 0.717) is 6.42 Å². The number of aromatic nitrogens is 1. The number of halogens is 1. The maximum atomic E-state index is 13.7. The fourth-order valence-electron chi connectivity index (χ4n) is 5.22. The molecule has 2 saturated heterocycles. The number of hydrogen-bond donors (Lipinski definition) is 0. The molecule has 0 atom stereocenters. The number of benzene rings is 1. The molecule has 0 amide bonds. The van der Waals surface area contributed by atoms with Gasteiger partial charge in [0, 0.05) is 42.8 Å². The fraction of sp³-hybridized carbons (Fsp3) is 0.567. The van der Waals surface area contributed by atoms with Crippen LogP contribution in [-0.2, 0) is 6.42 Å². The van der Waals surface area contributed by atoms with Gasteiger partial charge in [-0.3, -0.25) is 4.98 Å². The normalized spacial score (nSPS) is 18.3. The van der Waals surface area contributed by atoms with Crippen LogP contribution in [-0.4, -0.2) is 53.2 Å². The van der Waals surface area contributed by atoms with Crippen molar-refractivity contribution >= 4 is 5.70 Å². The molecule has 2 aromatic rings. The summed E-state index contributed by atoms with van der Waals surface area (Å²) >= 11 is 0. The Balaban J connectivity index is 1.23. The van der Waals surface area contributed by atoms with Gasteiger partial charge in [0.1, 0.15) is 5.67 Å². The van der Waals surface area contributed by atoms with Crippen molar-refractivity contribution in [3.63, 3.8) is 0 Å². The lowest BCUT2D eigenvalue weighted by Crippen LogP contribution is -2.36. The molecule has 4 heteroatoms. The van der Waals surface area contributed by atoms with Crippen LogP contribution in [0.4, 0.5) is 4.39 Å². The number of nitrogens with zero attached hydrogens (tertiary/aromatic N) is 3. The van der Waals surface area contributed by atoms with Crippen LogP contribution in [0.5, 0.6) is 0 Å². The number of alkyl halides is 1. The Morgan fingerprint density at radius 2 is 1.65 bits per heavy atom. The van der Waals surface area contributed by atoms with Gasteiger partial charge >= 0.3 is 0 Å². The van der Waals surface area contributed by atoms with Crippen molar-refractivity contribution in [2.24, 2.45) is 5.92 Å². The zero-order valence-electron chi connectivity index (χ0n) is 21.2. The number of hydrogen-bond acceptors (Lipinski definition) is 3. The van der Waals surface area contributed by atoms with Crippen LogP contribution in [0.25, 0.3) is 16.8 Å². The van der Waals surface area contributed by atoms with Gasteiger partial charge in [0.25, 0.3) is 0 Å².